The molecule has 0 spiro atoms. The molecule has 3 aromatic rings. The van der Waals surface area contributed by atoms with Crippen LogP contribution in [-0.4, -0.2) is 53.5 Å². The van der Waals surface area contributed by atoms with E-state index >= 15 is 0 Å². The highest BCUT2D eigenvalue weighted by molar-refractivity contribution is 7.20. The Morgan fingerprint density at radius 3 is 2.67 bits per heavy atom. The summed E-state index contributed by atoms with van der Waals surface area (Å²) in [5, 5.41) is 4.50. The van der Waals surface area contributed by atoms with E-state index in [0.29, 0.717) is 16.5 Å². The lowest BCUT2D eigenvalue weighted by atomic mass is 10.2. The first-order chi connectivity index (χ1) is 13.2. The number of furan rings is 1. The van der Waals surface area contributed by atoms with Crippen molar-refractivity contribution in [2.45, 2.75) is 6.92 Å². The quantitative estimate of drug-likeness (QED) is 0.729. The largest absolute Gasteiger partial charge is 0.463 e. The van der Waals surface area contributed by atoms with Crippen LogP contribution in [0.15, 0.2) is 47.3 Å². The summed E-state index contributed by atoms with van der Waals surface area (Å²) >= 11 is 1.48. The molecule has 8 heteroatoms. The van der Waals surface area contributed by atoms with Crippen LogP contribution < -0.4 is 10.2 Å². The van der Waals surface area contributed by atoms with E-state index in [-0.39, 0.29) is 5.91 Å². The van der Waals surface area contributed by atoms with Crippen molar-refractivity contribution in [3.05, 3.63) is 48.5 Å². The van der Waals surface area contributed by atoms with Crippen molar-refractivity contribution >= 4 is 27.4 Å². The van der Waals surface area contributed by atoms with Crippen LogP contribution in [0.1, 0.15) is 17.3 Å². The third-order valence-electron chi connectivity index (χ3n) is 4.63. The number of hydrogen-bond donors (Lipinski definition) is 1. The van der Waals surface area contributed by atoms with Crippen LogP contribution in [0.25, 0.3) is 11.5 Å². The van der Waals surface area contributed by atoms with Crippen molar-refractivity contribution in [2.24, 2.45) is 0 Å². The highest BCUT2D eigenvalue weighted by atomic mass is 32.1. The summed E-state index contributed by atoms with van der Waals surface area (Å²) in [7, 11) is 0. The van der Waals surface area contributed by atoms with Gasteiger partial charge in [-0.05, 0) is 30.8 Å². The normalized spacial score (nSPS) is 15.1. The average molecular weight is 383 g/mol. The number of anilines is 2. The van der Waals surface area contributed by atoms with Crippen LogP contribution in [0.3, 0.4) is 0 Å². The Labute approximate surface area is 161 Å². The van der Waals surface area contributed by atoms with Gasteiger partial charge in [0.15, 0.2) is 10.9 Å². The Balaban J connectivity index is 1.59. The molecular weight excluding hydrogens is 362 g/mol. The van der Waals surface area contributed by atoms with Crippen molar-refractivity contribution in [1.29, 1.82) is 0 Å². The molecule has 4 heterocycles. The first-order valence-electron chi connectivity index (χ1n) is 8.98. The second-order valence-electron chi connectivity index (χ2n) is 6.26. The van der Waals surface area contributed by atoms with E-state index in [2.05, 4.69) is 32.0 Å². The summed E-state index contributed by atoms with van der Waals surface area (Å²) < 4.78 is 5.58. The van der Waals surface area contributed by atoms with Gasteiger partial charge in [0.05, 0.1) is 6.26 Å². The molecule has 0 saturated carbocycles. The summed E-state index contributed by atoms with van der Waals surface area (Å²) in [5.41, 5.74) is 1.33. The van der Waals surface area contributed by atoms with Gasteiger partial charge in [0, 0.05) is 44.1 Å². The number of carbonyl (C=O) groups excluding carboxylic acids is 1. The van der Waals surface area contributed by atoms with E-state index in [9.17, 15) is 4.79 Å². The molecular formula is C19H21N5O2S. The van der Waals surface area contributed by atoms with E-state index in [1.165, 1.54) is 11.3 Å². The number of pyridine rings is 1. The zero-order valence-corrected chi connectivity index (χ0v) is 15.9. The molecule has 1 amide bonds. The first kappa shape index (κ1) is 17.7. The fraction of sp³-hybridized carbons (Fsp3) is 0.316. The molecule has 1 aliphatic rings. The second kappa shape index (κ2) is 7.89. The Hall–Kier alpha value is -2.71. The minimum absolute atomic E-state index is 0.195. The van der Waals surface area contributed by atoms with Crippen LogP contribution in [0.2, 0.25) is 0 Å². The lowest BCUT2D eigenvalue weighted by Gasteiger charge is -2.34. The highest BCUT2D eigenvalue weighted by Gasteiger charge is 2.24. The minimum Gasteiger partial charge on any atom is -0.463 e. The molecule has 27 heavy (non-hydrogen) atoms. The van der Waals surface area contributed by atoms with Gasteiger partial charge in [-0.3, -0.25) is 15.1 Å². The van der Waals surface area contributed by atoms with Gasteiger partial charge in [0.25, 0.3) is 5.91 Å². The molecule has 0 radical (unpaired) electrons. The van der Waals surface area contributed by atoms with Gasteiger partial charge in [-0.1, -0.05) is 18.3 Å². The average Bonchev–Trinajstić information content (AvgIpc) is 3.38. The number of carbonyl (C=O) groups is 1. The molecule has 1 saturated heterocycles. The minimum atomic E-state index is -0.195. The zero-order chi connectivity index (χ0) is 18.6. The summed E-state index contributed by atoms with van der Waals surface area (Å²) in [4.78, 5) is 25.8. The van der Waals surface area contributed by atoms with Crippen LogP contribution in [-0.2, 0) is 0 Å². The molecule has 1 fully saturated rings. The van der Waals surface area contributed by atoms with Gasteiger partial charge in [-0.25, -0.2) is 4.98 Å². The SMILES string of the molecule is CCN1CCN(c2sc(NC(=O)c3ccncc3)nc2-c2ccco2)CC1. The van der Waals surface area contributed by atoms with E-state index in [1.807, 2.05) is 12.1 Å². The number of aromatic nitrogens is 2. The number of rotatable bonds is 5. The summed E-state index contributed by atoms with van der Waals surface area (Å²) in [6.07, 6.45) is 4.84. The van der Waals surface area contributed by atoms with Crippen LogP contribution >= 0.6 is 11.3 Å². The second-order valence-corrected chi connectivity index (χ2v) is 7.24. The maximum Gasteiger partial charge on any atom is 0.257 e. The fourth-order valence-corrected chi connectivity index (χ4v) is 4.11. The number of likely N-dealkylation sites (N-methyl/N-ethyl adjacent to an activating group) is 1. The van der Waals surface area contributed by atoms with Crippen molar-refractivity contribution in [3.8, 4) is 11.5 Å². The Kier molecular flexibility index (Phi) is 5.17. The number of nitrogens with one attached hydrogen (secondary N) is 1. The van der Waals surface area contributed by atoms with Crippen molar-refractivity contribution < 1.29 is 9.21 Å². The lowest BCUT2D eigenvalue weighted by molar-refractivity contribution is 0.102. The Morgan fingerprint density at radius 1 is 1.22 bits per heavy atom. The number of hydrogen-bond acceptors (Lipinski definition) is 7. The molecule has 1 aliphatic heterocycles. The number of thiazole rings is 1. The predicted octanol–water partition coefficient (Wildman–Crippen LogP) is 3.19. The molecule has 0 aliphatic carbocycles. The summed E-state index contributed by atoms with van der Waals surface area (Å²) in [6, 6.07) is 7.11. The number of piperazine rings is 1. The molecule has 140 valence electrons. The highest BCUT2D eigenvalue weighted by Crippen LogP contribution is 2.39. The summed E-state index contributed by atoms with van der Waals surface area (Å²) in [6.45, 7) is 7.15. The van der Waals surface area contributed by atoms with Crippen LogP contribution in [0.4, 0.5) is 10.1 Å². The van der Waals surface area contributed by atoms with Gasteiger partial charge in [0.2, 0.25) is 0 Å². The lowest BCUT2D eigenvalue weighted by Crippen LogP contribution is -2.46. The Morgan fingerprint density at radius 2 is 2.00 bits per heavy atom. The maximum absolute atomic E-state index is 12.5. The van der Waals surface area contributed by atoms with E-state index in [1.54, 1.807) is 30.8 Å². The third kappa shape index (κ3) is 3.86. The van der Waals surface area contributed by atoms with Crippen molar-refractivity contribution in [1.82, 2.24) is 14.9 Å². The zero-order valence-electron chi connectivity index (χ0n) is 15.1. The predicted molar refractivity (Wildman–Crippen MR) is 106 cm³/mol. The number of nitrogens with zero attached hydrogens (tertiary/aromatic N) is 4. The number of amides is 1. The van der Waals surface area contributed by atoms with Gasteiger partial charge >= 0.3 is 0 Å². The monoisotopic (exact) mass is 383 g/mol. The fourth-order valence-electron chi connectivity index (χ4n) is 3.09. The molecule has 4 rings (SSSR count). The van der Waals surface area contributed by atoms with Crippen LogP contribution in [0, 0.1) is 0 Å². The van der Waals surface area contributed by atoms with Crippen LogP contribution in [0.5, 0.6) is 0 Å². The van der Waals surface area contributed by atoms with Gasteiger partial charge in [-0.15, -0.1) is 0 Å². The van der Waals surface area contributed by atoms with E-state index in [4.69, 9.17) is 4.42 Å². The molecule has 0 unspecified atom stereocenters. The van der Waals surface area contributed by atoms with E-state index in [0.717, 1.165) is 43.4 Å². The third-order valence-corrected chi connectivity index (χ3v) is 5.67. The standard InChI is InChI=1S/C19H21N5O2S/c1-2-23-9-11-24(12-10-23)18-16(15-4-3-13-26-15)21-19(27-18)22-17(25)14-5-7-20-8-6-14/h3-8,13H,2,9-12H2,1H3,(H,21,22,25). The van der Waals surface area contributed by atoms with Gasteiger partial charge in [0.1, 0.15) is 10.7 Å². The van der Waals surface area contributed by atoms with Gasteiger partial charge < -0.3 is 14.2 Å². The van der Waals surface area contributed by atoms with Crippen molar-refractivity contribution in [3.63, 3.8) is 0 Å². The molecule has 0 bridgehead atoms. The molecule has 1 N–H and O–H groups in total. The Bertz CT molecular complexity index is 886. The smallest absolute Gasteiger partial charge is 0.257 e. The topological polar surface area (TPSA) is 74.5 Å². The van der Waals surface area contributed by atoms with Gasteiger partial charge in [-0.2, -0.15) is 0 Å². The molecule has 0 aromatic carbocycles. The summed E-state index contributed by atoms with van der Waals surface area (Å²) in [5.74, 6) is 0.517. The van der Waals surface area contributed by atoms with E-state index < -0.39 is 0 Å². The molecule has 3 aromatic heterocycles. The molecule has 7 nitrogen and oxygen atoms in total. The maximum atomic E-state index is 12.5. The molecule has 0 atom stereocenters. The van der Waals surface area contributed by atoms with Crippen molar-refractivity contribution in [2.75, 3.05) is 42.9 Å². The first-order valence-corrected chi connectivity index (χ1v) is 9.79.